The van der Waals surface area contributed by atoms with E-state index in [0.717, 1.165) is 10.0 Å². The molecule has 0 bridgehead atoms. The van der Waals surface area contributed by atoms with Crippen LogP contribution in [0.25, 0.3) is 11.5 Å². The van der Waals surface area contributed by atoms with Crippen molar-refractivity contribution in [2.24, 2.45) is 0 Å². The first-order valence-corrected chi connectivity index (χ1v) is 6.97. The molecule has 1 N–H and O–H groups in total. The second-order valence-corrected chi connectivity index (χ2v) is 5.40. The summed E-state index contributed by atoms with van der Waals surface area (Å²) in [6.45, 7) is 0. The molecule has 0 aliphatic heterocycles. The smallest absolute Gasteiger partial charge is 0.261 e. The van der Waals surface area contributed by atoms with Gasteiger partial charge in [0.2, 0.25) is 0 Å². The molecule has 0 atom stereocenters. The van der Waals surface area contributed by atoms with Gasteiger partial charge >= 0.3 is 0 Å². The van der Waals surface area contributed by atoms with Crippen molar-refractivity contribution in [2.75, 3.05) is 0 Å². The van der Waals surface area contributed by atoms with Gasteiger partial charge in [-0.05, 0) is 35.9 Å². The lowest BCUT2D eigenvalue weighted by atomic mass is 10.1. The van der Waals surface area contributed by atoms with Gasteiger partial charge in [0.1, 0.15) is 11.6 Å². The quantitative estimate of drug-likeness (QED) is 0.778. The van der Waals surface area contributed by atoms with Gasteiger partial charge in [0.15, 0.2) is 5.82 Å². The number of aromatic hydroxyl groups is 1. The summed E-state index contributed by atoms with van der Waals surface area (Å²) in [7, 11) is 0. The first kappa shape index (κ1) is 13.8. The first-order valence-electron chi connectivity index (χ1n) is 6.18. The Bertz CT molecular complexity index is 772. The van der Waals surface area contributed by atoms with Gasteiger partial charge in [0.05, 0.1) is 5.56 Å². The van der Waals surface area contributed by atoms with E-state index in [1.165, 1.54) is 12.1 Å². The summed E-state index contributed by atoms with van der Waals surface area (Å²) in [5.74, 6) is 0.490. The minimum Gasteiger partial charge on any atom is -0.507 e. The third kappa shape index (κ3) is 3.11. The van der Waals surface area contributed by atoms with Gasteiger partial charge in [-0.15, -0.1) is 0 Å². The molecule has 3 aromatic rings. The van der Waals surface area contributed by atoms with Gasteiger partial charge < -0.3 is 9.63 Å². The Morgan fingerprint density at radius 2 is 1.90 bits per heavy atom. The molecular weight excluding hydrogens is 339 g/mol. The summed E-state index contributed by atoms with van der Waals surface area (Å²) in [6.07, 6.45) is 0.432. The molecule has 0 spiro atoms. The third-order valence-electron chi connectivity index (χ3n) is 2.93. The van der Waals surface area contributed by atoms with Crippen LogP contribution in [0.2, 0.25) is 0 Å². The molecule has 1 heterocycles. The highest BCUT2D eigenvalue weighted by Gasteiger charge is 2.13. The van der Waals surface area contributed by atoms with Crippen LogP contribution in [0.4, 0.5) is 4.39 Å². The molecule has 0 saturated heterocycles. The lowest BCUT2D eigenvalue weighted by Crippen LogP contribution is -1.91. The zero-order valence-electron chi connectivity index (χ0n) is 10.8. The van der Waals surface area contributed by atoms with Gasteiger partial charge in [-0.2, -0.15) is 4.98 Å². The number of nitrogens with zero attached hydrogens (tertiary/aromatic N) is 2. The molecule has 106 valence electrons. The number of aromatic nitrogens is 2. The van der Waals surface area contributed by atoms with Crippen LogP contribution in [-0.4, -0.2) is 15.2 Å². The van der Waals surface area contributed by atoms with E-state index in [0.29, 0.717) is 17.8 Å². The Hall–Kier alpha value is -2.21. The summed E-state index contributed by atoms with van der Waals surface area (Å²) in [5, 5.41) is 13.7. The Morgan fingerprint density at radius 3 is 2.62 bits per heavy atom. The van der Waals surface area contributed by atoms with Gasteiger partial charge in [-0.1, -0.05) is 33.2 Å². The summed E-state index contributed by atoms with van der Waals surface area (Å²) in [6, 6.07) is 11.1. The van der Waals surface area contributed by atoms with E-state index in [2.05, 4.69) is 26.1 Å². The SMILES string of the molecule is Oc1cc(Br)ccc1-c1nc(Cc2ccc(F)cc2)no1. The largest absolute Gasteiger partial charge is 0.507 e. The lowest BCUT2D eigenvalue weighted by molar-refractivity contribution is 0.418. The minimum atomic E-state index is -0.285. The summed E-state index contributed by atoms with van der Waals surface area (Å²) in [4.78, 5) is 4.24. The molecule has 0 amide bonds. The van der Waals surface area contributed by atoms with Crippen molar-refractivity contribution in [2.45, 2.75) is 6.42 Å². The highest BCUT2D eigenvalue weighted by atomic mass is 79.9. The van der Waals surface area contributed by atoms with Crippen LogP contribution in [0.1, 0.15) is 11.4 Å². The average Bonchev–Trinajstić information content (AvgIpc) is 2.90. The van der Waals surface area contributed by atoms with Crippen LogP contribution in [-0.2, 0) is 6.42 Å². The second-order valence-electron chi connectivity index (χ2n) is 4.48. The van der Waals surface area contributed by atoms with Crippen LogP contribution in [0, 0.1) is 5.82 Å². The monoisotopic (exact) mass is 348 g/mol. The maximum atomic E-state index is 12.8. The molecule has 4 nitrogen and oxygen atoms in total. The maximum absolute atomic E-state index is 12.8. The van der Waals surface area contributed by atoms with E-state index in [9.17, 15) is 9.50 Å². The second kappa shape index (κ2) is 5.65. The fourth-order valence-electron chi connectivity index (χ4n) is 1.91. The van der Waals surface area contributed by atoms with Crippen molar-refractivity contribution >= 4 is 15.9 Å². The molecule has 0 aliphatic carbocycles. The minimum absolute atomic E-state index is 0.0568. The van der Waals surface area contributed by atoms with Crippen LogP contribution in [0.3, 0.4) is 0 Å². The van der Waals surface area contributed by atoms with E-state index < -0.39 is 0 Å². The van der Waals surface area contributed by atoms with Crippen molar-refractivity contribution in [1.82, 2.24) is 10.1 Å². The fraction of sp³-hybridized carbons (Fsp3) is 0.0667. The molecule has 0 radical (unpaired) electrons. The lowest BCUT2D eigenvalue weighted by Gasteiger charge is -1.99. The topological polar surface area (TPSA) is 59.2 Å². The van der Waals surface area contributed by atoms with E-state index in [4.69, 9.17) is 4.52 Å². The maximum Gasteiger partial charge on any atom is 0.261 e. The highest BCUT2D eigenvalue weighted by molar-refractivity contribution is 9.10. The number of halogens is 2. The molecule has 0 unspecified atom stereocenters. The summed E-state index contributed by atoms with van der Waals surface area (Å²) in [5.41, 5.74) is 1.35. The standard InChI is InChI=1S/C15H10BrFN2O2/c16-10-3-6-12(13(20)8-10)15-18-14(19-21-15)7-9-1-4-11(17)5-2-9/h1-6,8,20H,7H2. The van der Waals surface area contributed by atoms with Crippen molar-refractivity contribution < 1.29 is 14.0 Å². The van der Waals surface area contributed by atoms with Crippen LogP contribution in [0.15, 0.2) is 51.5 Å². The van der Waals surface area contributed by atoms with E-state index in [1.807, 2.05) is 0 Å². The molecule has 0 fully saturated rings. The van der Waals surface area contributed by atoms with Gasteiger partial charge in [-0.3, -0.25) is 0 Å². The molecule has 0 saturated carbocycles. The summed E-state index contributed by atoms with van der Waals surface area (Å²) < 4.78 is 18.8. The third-order valence-corrected chi connectivity index (χ3v) is 3.43. The molecule has 3 rings (SSSR count). The molecule has 2 aromatic carbocycles. The summed E-state index contributed by atoms with van der Waals surface area (Å²) >= 11 is 3.27. The average molecular weight is 349 g/mol. The van der Waals surface area contributed by atoms with Crippen LogP contribution < -0.4 is 0 Å². The van der Waals surface area contributed by atoms with E-state index in [-0.39, 0.29) is 17.5 Å². The number of benzene rings is 2. The van der Waals surface area contributed by atoms with Crippen molar-refractivity contribution in [3.05, 3.63) is 64.1 Å². The van der Waals surface area contributed by atoms with Crippen LogP contribution in [0.5, 0.6) is 5.75 Å². The van der Waals surface area contributed by atoms with E-state index in [1.54, 1.807) is 30.3 Å². The molecule has 0 aliphatic rings. The number of hydrogen-bond acceptors (Lipinski definition) is 4. The zero-order valence-corrected chi connectivity index (χ0v) is 12.3. The number of phenolic OH excluding ortho intramolecular Hbond substituents is 1. The fourth-order valence-corrected chi connectivity index (χ4v) is 2.25. The number of rotatable bonds is 3. The Labute approximate surface area is 128 Å². The normalized spacial score (nSPS) is 10.8. The molecule has 1 aromatic heterocycles. The Balaban J connectivity index is 1.84. The zero-order chi connectivity index (χ0) is 14.8. The molecular formula is C15H10BrFN2O2. The number of hydrogen-bond donors (Lipinski definition) is 1. The molecule has 21 heavy (non-hydrogen) atoms. The van der Waals surface area contributed by atoms with Crippen molar-refractivity contribution in [3.8, 4) is 17.2 Å². The molecule has 6 heteroatoms. The Morgan fingerprint density at radius 1 is 1.14 bits per heavy atom. The van der Waals surface area contributed by atoms with Gasteiger partial charge in [0, 0.05) is 10.9 Å². The predicted molar refractivity (Wildman–Crippen MR) is 78.3 cm³/mol. The van der Waals surface area contributed by atoms with Crippen molar-refractivity contribution in [3.63, 3.8) is 0 Å². The Kier molecular flexibility index (Phi) is 3.70. The highest BCUT2D eigenvalue weighted by Crippen LogP contribution is 2.30. The number of phenols is 1. The first-order chi connectivity index (χ1) is 10.1. The van der Waals surface area contributed by atoms with E-state index >= 15 is 0 Å². The van der Waals surface area contributed by atoms with Gasteiger partial charge in [-0.25, -0.2) is 4.39 Å². The van der Waals surface area contributed by atoms with Crippen molar-refractivity contribution in [1.29, 1.82) is 0 Å². The van der Waals surface area contributed by atoms with Crippen LogP contribution >= 0.6 is 15.9 Å². The van der Waals surface area contributed by atoms with Gasteiger partial charge in [0.25, 0.3) is 5.89 Å². The predicted octanol–water partition coefficient (Wildman–Crippen LogP) is 3.93.